The van der Waals surface area contributed by atoms with Crippen LogP contribution in [0.2, 0.25) is 0 Å². The Balaban J connectivity index is 4.45. The number of esters is 1. The minimum absolute atomic E-state index is 0.326. The first-order valence-corrected chi connectivity index (χ1v) is 3.08. The molecule has 0 aromatic carbocycles. The zero-order valence-corrected chi connectivity index (χ0v) is 6.73. The van der Waals surface area contributed by atoms with E-state index in [1.165, 1.54) is 13.2 Å². The van der Waals surface area contributed by atoms with Crippen molar-refractivity contribution in [2.75, 3.05) is 7.11 Å². The van der Waals surface area contributed by atoms with E-state index in [4.69, 9.17) is 11.6 Å². The number of halogens is 1. The molecule has 0 aliphatic heterocycles. The summed E-state index contributed by atoms with van der Waals surface area (Å²) in [6.07, 6.45) is 1.40. The Morgan fingerprint density at radius 1 is 1.70 bits per heavy atom. The maximum Gasteiger partial charge on any atom is 0.334 e. The third-order valence-electron chi connectivity index (χ3n) is 1.03. The van der Waals surface area contributed by atoms with Gasteiger partial charge in [0.05, 0.1) is 17.7 Å². The van der Waals surface area contributed by atoms with Gasteiger partial charge in [0.2, 0.25) is 0 Å². The molecule has 3 heteroatoms. The van der Waals surface area contributed by atoms with Crippen molar-refractivity contribution < 1.29 is 9.53 Å². The predicted molar refractivity (Wildman–Crippen MR) is 40.8 cm³/mol. The van der Waals surface area contributed by atoms with Crippen LogP contribution in [0.1, 0.15) is 6.92 Å². The lowest BCUT2D eigenvalue weighted by atomic mass is 10.3. The zero-order chi connectivity index (χ0) is 8.15. The molecule has 0 saturated carbocycles. The molecule has 0 unspecified atom stereocenters. The number of methoxy groups -OCH3 is 1. The van der Waals surface area contributed by atoms with E-state index in [9.17, 15) is 4.79 Å². The van der Waals surface area contributed by atoms with Crippen LogP contribution < -0.4 is 0 Å². The molecule has 0 N–H and O–H groups in total. The molecule has 2 nitrogen and oxygen atoms in total. The molecular formula is C7H9ClO2. The monoisotopic (exact) mass is 160 g/mol. The quantitative estimate of drug-likeness (QED) is 0.350. The van der Waals surface area contributed by atoms with Gasteiger partial charge in [0, 0.05) is 0 Å². The van der Waals surface area contributed by atoms with Gasteiger partial charge in [-0.3, -0.25) is 0 Å². The second-order valence-electron chi connectivity index (χ2n) is 1.67. The van der Waals surface area contributed by atoms with Gasteiger partial charge in [-0.2, -0.15) is 0 Å². The third-order valence-corrected chi connectivity index (χ3v) is 1.47. The van der Waals surface area contributed by atoms with Crippen molar-refractivity contribution in [2.45, 2.75) is 6.92 Å². The lowest BCUT2D eigenvalue weighted by Gasteiger charge is -1.98. The Bertz CT molecular complexity index is 182. The first-order chi connectivity index (χ1) is 4.63. The normalized spacial score (nSPS) is 11.9. The molecule has 0 aromatic heterocycles. The van der Waals surface area contributed by atoms with Gasteiger partial charge in [-0.15, -0.1) is 0 Å². The van der Waals surface area contributed by atoms with Crippen LogP contribution in [0.4, 0.5) is 0 Å². The average Bonchev–Trinajstić information content (AvgIpc) is 2.00. The van der Waals surface area contributed by atoms with E-state index >= 15 is 0 Å². The summed E-state index contributed by atoms with van der Waals surface area (Å²) in [5, 5.41) is 0.326. The maximum atomic E-state index is 10.7. The van der Waals surface area contributed by atoms with Gasteiger partial charge < -0.3 is 4.74 Å². The molecule has 0 heterocycles. The number of hydrogen-bond donors (Lipinski definition) is 0. The van der Waals surface area contributed by atoms with Crippen molar-refractivity contribution in [3.8, 4) is 0 Å². The van der Waals surface area contributed by atoms with Crippen LogP contribution >= 0.6 is 11.6 Å². The molecule has 0 radical (unpaired) electrons. The van der Waals surface area contributed by atoms with E-state index in [1.807, 2.05) is 0 Å². The first kappa shape index (κ1) is 9.24. The number of carbonyl (C=O) groups is 1. The van der Waals surface area contributed by atoms with Gasteiger partial charge in [-0.25, -0.2) is 4.79 Å². The minimum Gasteiger partial charge on any atom is -0.466 e. The van der Waals surface area contributed by atoms with Gasteiger partial charge in [0.1, 0.15) is 0 Å². The van der Waals surface area contributed by atoms with Crippen molar-refractivity contribution in [1.82, 2.24) is 0 Å². The van der Waals surface area contributed by atoms with E-state index in [2.05, 4.69) is 11.3 Å². The van der Waals surface area contributed by atoms with Crippen LogP contribution in [0.5, 0.6) is 0 Å². The molecule has 0 aromatic rings. The molecule has 0 spiro atoms. The van der Waals surface area contributed by atoms with E-state index in [-0.39, 0.29) is 0 Å². The highest BCUT2D eigenvalue weighted by molar-refractivity contribution is 6.33. The van der Waals surface area contributed by atoms with Crippen molar-refractivity contribution in [2.24, 2.45) is 0 Å². The Kier molecular flexibility index (Phi) is 3.81. The maximum absolute atomic E-state index is 10.7. The number of allylic oxidation sites excluding steroid dienone is 2. The summed E-state index contributed by atoms with van der Waals surface area (Å²) in [6.45, 7) is 4.98. The first-order valence-electron chi connectivity index (χ1n) is 2.70. The number of carbonyl (C=O) groups excluding carboxylic acids is 1. The standard InChI is InChI=1S/C7H9ClO2/c1-4-6(8)5(2)7(9)10-3/h4H,1H2,2-3H3/b6-5-. The largest absolute Gasteiger partial charge is 0.466 e. The summed E-state index contributed by atoms with van der Waals surface area (Å²) in [4.78, 5) is 10.7. The van der Waals surface area contributed by atoms with E-state index in [0.29, 0.717) is 10.6 Å². The molecule has 0 rings (SSSR count). The van der Waals surface area contributed by atoms with Crippen LogP contribution in [0.15, 0.2) is 23.3 Å². The minimum atomic E-state index is -0.426. The number of ether oxygens (including phenoxy) is 1. The van der Waals surface area contributed by atoms with Gasteiger partial charge in [0.15, 0.2) is 0 Å². The van der Waals surface area contributed by atoms with Crippen LogP contribution in [0, 0.1) is 0 Å². The second-order valence-corrected chi connectivity index (χ2v) is 2.08. The van der Waals surface area contributed by atoms with Crippen molar-refractivity contribution in [1.29, 1.82) is 0 Å². The van der Waals surface area contributed by atoms with E-state index in [1.54, 1.807) is 6.92 Å². The lowest BCUT2D eigenvalue weighted by molar-refractivity contribution is -0.136. The number of hydrogen-bond acceptors (Lipinski definition) is 2. The van der Waals surface area contributed by atoms with Crippen molar-refractivity contribution in [3.05, 3.63) is 23.3 Å². The second kappa shape index (κ2) is 4.12. The molecule has 0 aliphatic rings. The summed E-state index contributed by atoms with van der Waals surface area (Å²) in [5.74, 6) is -0.426. The Morgan fingerprint density at radius 2 is 2.20 bits per heavy atom. The Hall–Kier alpha value is -0.760. The highest BCUT2D eigenvalue weighted by Crippen LogP contribution is 2.10. The zero-order valence-electron chi connectivity index (χ0n) is 5.98. The average molecular weight is 161 g/mol. The van der Waals surface area contributed by atoms with E-state index < -0.39 is 5.97 Å². The fourth-order valence-corrected chi connectivity index (χ4v) is 0.481. The Morgan fingerprint density at radius 3 is 2.50 bits per heavy atom. The van der Waals surface area contributed by atoms with Gasteiger partial charge in [-0.05, 0) is 6.92 Å². The van der Waals surface area contributed by atoms with Gasteiger partial charge in [-0.1, -0.05) is 24.3 Å². The summed E-state index contributed by atoms with van der Waals surface area (Å²) in [6, 6.07) is 0. The molecule has 0 saturated heterocycles. The smallest absolute Gasteiger partial charge is 0.334 e. The van der Waals surface area contributed by atoms with Crippen molar-refractivity contribution >= 4 is 17.6 Å². The molecule has 0 amide bonds. The highest BCUT2D eigenvalue weighted by Gasteiger charge is 2.05. The summed E-state index contributed by atoms with van der Waals surface area (Å²) < 4.78 is 4.41. The van der Waals surface area contributed by atoms with Gasteiger partial charge >= 0.3 is 5.97 Å². The van der Waals surface area contributed by atoms with Gasteiger partial charge in [0.25, 0.3) is 0 Å². The van der Waals surface area contributed by atoms with Crippen LogP contribution in [0.25, 0.3) is 0 Å². The molecule has 0 aliphatic carbocycles. The molecule has 56 valence electrons. The van der Waals surface area contributed by atoms with E-state index in [0.717, 1.165) is 0 Å². The van der Waals surface area contributed by atoms with Crippen molar-refractivity contribution in [3.63, 3.8) is 0 Å². The SMILES string of the molecule is C=C/C(Cl)=C(\C)C(=O)OC. The Labute approximate surface area is 65.1 Å². The molecule has 0 bridgehead atoms. The fraction of sp³-hybridized carbons (Fsp3) is 0.286. The fourth-order valence-electron chi connectivity index (χ4n) is 0.404. The topological polar surface area (TPSA) is 26.3 Å². The number of rotatable bonds is 2. The lowest BCUT2D eigenvalue weighted by Crippen LogP contribution is -2.02. The van der Waals surface area contributed by atoms with Crippen LogP contribution in [-0.4, -0.2) is 13.1 Å². The summed E-state index contributed by atoms with van der Waals surface area (Å²) in [7, 11) is 1.30. The predicted octanol–water partition coefficient (Wildman–Crippen LogP) is 1.86. The van der Waals surface area contributed by atoms with Crippen LogP contribution in [-0.2, 0) is 9.53 Å². The van der Waals surface area contributed by atoms with Crippen LogP contribution in [0.3, 0.4) is 0 Å². The molecular weight excluding hydrogens is 152 g/mol. The summed E-state index contributed by atoms with van der Waals surface area (Å²) in [5.41, 5.74) is 0.374. The highest BCUT2D eigenvalue weighted by atomic mass is 35.5. The molecule has 0 fully saturated rings. The third kappa shape index (κ3) is 2.23. The molecule has 10 heavy (non-hydrogen) atoms. The summed E-state index contributed by atoms with van der Waals surface area (Å²) >= 11 is 5.55. The molecule has 0 atom stereocenters.